The molecular weight excluding hydrogens is 274 g/mol. The second kappa shape index (κ2) is 8.91. The zero-order chi connectivity index (χ0) is 15.8. The molecule has 1 aliphatic heterocycles. The number of hydrogen-bond donors (Lipinski definition) is 2. The Labute approximate surface area is 134 Å². The van der Waals surface area contributed by atoms with Gasteiger partial charge in [0.1, 0.15) is 0 Å². The number of Topliss-reactive ketones (excluding diaryl/α,β-unsaturated/α-hetero) is 1. The van der Waals surface area contributed by atoms with E-state index in [1.165, 1.54) is 38.9 Å². The van der Waals surface area contributed by atoms with Gasteiger partial charge in [0.15, 0.2) is 5.78 Å². The van der Waals surface area contributed by atoms with Crippen LogP contribution in [0.15, 0.2) is 24.3 Å². The predicted molar refractivity (Wildman–Crippen MR) is 92.2 cm³/mol. The lowest BCUT2D eigenvalue weighted by atomic mass is 10.0. The summed E-state index contributed by atoms with van der Waals surface area (Å²) >= 11 is 0. The molecule has 0 radical (unpaired) electrons. The quantitative estimate of drug-likeness (QED) is 0.418. The molecule has 1 saturated heterocycles. The minimum absolute atomic E-state index is 0.0876. The lowest BCUT2D eigenvalue weighted by Gasteiger charge is -2.17. The monoisotopic (exact) mass is 303 g/mol. The van der Waals surface area contributed by atoms with Crippen LogP contribution in [-0.4, -0.2) is 42.9 Å². The van der Waals surface area contributed by atoms with E-state index in [-0.39, 0.29) is 11.8 Å². The molecule has 1 heterocycles. The predicted octanol–water partition coefficient (Wildman–Crippen LogP) is 2.70. The molecule has 0 spiro atoms. The highest BCUT2D eigenvalue weighted by molar-refractivity contribution is 6.00. The van der Waals surface area contributed by atoms with Gasteiger partial charge >= 0.3 is 0 Å². The number of nitrogens with zero attached hydrogens (tertiary/aromatic N) is 1. The zero-order valence-electron chi connectivity index (χ0n) is 13.7. The SMILES string of the molecule is CCC(NCCCCN1CCCC1)C(=O)c1ccc(N)cc1. The molecule has 0 aromatic heterocycles. The fourth-order valence-corrected chi connectivity index (χ4v) is 3.01. The van der Waals surface area contributed by atoms with Crippen molar-refractivity contribution in [1.82, 2.24) is 10.2 Å². The van der Waals surface area contributed by atoms with Crippen LogP contribution < -0.4 is 11.1 Å². The van der Waals surface area contributed by atoms with E-state index >= 15 is 0 Å². The summed E-state index contributed by atoms with van der Waals surface area (Å²) in [6.45, 7) is 6.69. The molecule has 2 rings (SSSR count). The summed E-state index contributed by atoms with van der Waals surface area (Å²) in [6.07, 6.45) is 5.86. The van der Waals surface area contributed by atoms with Crippen molar-refractivity contribution >= 4 is 11.5 Å². The third-order valence-corrected chi connectivity index (χ3v) is 4.41. The highest BCUT2D eigenvalue weighted by Gasteiger charge is 2.17. The Morgan fingerprint density at radius 3 is 2.55 bits per heavy atom. The first-order valence-corrected chi connectivity index (χ1v) is 8.56. The van der Waals surface area contributed by atoms with Crippen LogP contribution in [0.3, 0.4) is 0 Å². The highest BCUT2D eigenvalue weighted by Crippen LogP contribution is 2.10. The molecule has 1 aliphatic rings. The fraction of sp³-hybridized carbons (Fsp3) is 0.611. The normalized spacial score (nSPS) is 16.8. The Kier molecular flexibility index (Phi) is 6.87. The van der Waals surface area contributed by atoms with Crippen LogP contribution in [-0.2, 0) is 0 Å². The number of unbranched alkanes of at least 4 members (excludes halogenated alkanes) is 1. The summed E-state index contributed by atoms with van der Waals surface area (Å²) in [5.41, 5.74) is 7.11. The van der Waals surface area contributed by atoms with E-state index in [1.807, 2.05) is 12.1 Å². The maximum Gasteiger partial charge on any atom is 0.179 e. The molecule has 1 aromatic rings. The highest BCUT2D eigenvalue weighted by atomic mass is 16.1. The molecule has 0 amide bonds. The van der Waals surface area contributed by atoms with E-state index in [2.05, 4.69) is 17.1 Å². The van der Waals surface area contributed by atoms with Crippen molar-refractivity contribution in [2.45, 2.75) is 45.1 Å². The molecule has 4 nitrogen and oxygen atoms in total. The van der Waals surface area contributed by atoms with E-state index in [0.717, 1.165) is 24.9 Å². The second-order valence-electron chi connectivity index (χ2n) is 6.16. The number of hydrogen-bond acceptors (Lipinski definition) is 4. The van der Waals surface area contributed by atoms with E-state index in [4.69, 9.17) is 5.73 Å². The van der Waals surface area contributed by atoms with Crippen molar-refractivity contribution in [1.29, 1.82) is 0 Å². The van der Waals surface area contributed by atoms with Gasteiger partial charge in [0.05, 0.1) is 6.04 Å². The topological polar surface area (TPSA) is 58.4 Å². The Bertz CT molecular complexity index is 452. The molecule has 1 unspecified atom stereocenters. The second-order valence-corrected chi connectivity index (χ2v) is 6.16. The molecule has 1 fully saturated rings. The Hall–Kier alpha value is -1.39. The van der Waals surface area contributed by atoms with Crippen LogP contribution in [0, 0.1) is 0 Å². The Balaban J connectivity index is 1.69. The number of benzene rings is 1. The number of ketones is 1. The number of nitrogens with two attached hydrogens (primary N) is 1. The van der Waals surface area contributed by atoms with Gasteiger partial charge in [0.2, 0.25) is 0 Å². The first-order chi connectivity index (χ1) is 10.7. The fourth-order valence-electron chi connectivity index (χ4n) is 3.01. The van der Waals surface area contributed by atoms with E-state index in [0.29, 0.717) is 5.69 Å². The van der Waals surface area contributed by atoms with Crippen LogP contribution in [0.5, 0.6) is 0 Å². The Morgan fingerprint density at radius 2 is 1.91 bits per heavy atom. The van der Waals surface area contributed by atoms with Crippen molar-refractivity contribution in [2.75, 3.05) is 31.9 Å². The zero-order valence-corrected chi connectivity index (χ0v) is 13.7. The average molecular weight is 303 g/mol. The van der Waals surface area contributed by atoms with E-state index in [9.17, 15) is 4.79 Å². The first kappa shape index (κ1) is 17.0. The number of rotatable bonds is 9. The minimum atomic E-state index is -0.0876. The molecule has 3 N–H and O–H groups in total. The van der Waals surface area contributed by atoms with Gasteiger partial charge in [-0.2, -0.15) is 0 Å². The largest absolute Gasteiger partial charge is 0.399 e. The van der Waals surface area contributed by atoms with Crippen LogP contribution >= 0.6 is 0 Å². The van der Waals surface area contributed by atoms with Crippen LogP contribution in [0.4, 0.5) is 5.69 Å². The number of nitrogens with one attached hydrogen (secondary N) is 1. The van der Waals surface area contributed by atoms with Gasteiger partial charge in [-0.1, -0.05) is 6.92 Å². The summed E-state index contributed by atoms with van der Waals surface area (Å²) in [7, 11) is 0. The molecule has 0 bridgehead atoms. The number of carbonyl (C=O) groups is 1. The van der Waals surface area contributed by atoms with E-state index in [1.54, 1.807) is 12.1 Å². The Morgan fingerprint density at radius 1 is 1.23 bits per heavy atom. The van der Waals surface area contributed by atoms with Gasteiger partial charge in [0.25, 0.3) is 0 Å². The van der Waals surface area contributed by atoms with Crippen LogP contribution in [0.25, 0.3) is 0 Å². The van der Waals surface area contributed by atoms with Crippen molar-refractivity contribution in [2.24, 2.45) is 0 Å². The van der Waals surface area contributed by atoms with Crippen molar-refractivity contribution in [3.8, 4) is 0 Å². The maximum absolute atomic E-state index is 12.4. The number of nitrogen functional groups attached to an aromatic ring is 1. The first-order valence-electron chi connectivity index (χ1n) is 8.56. The van der Waals surface area contributed by atoms with Gasteiger partial charge < -0.3 is 16.0 Å². The average Bonchev–Trinajstić information content (AvgIpc) is 3.04. The molecule has 0 saturated carbocycles. The van der Waals surface area contributed by atoms with Gasteiger partial charge in [-0.25, -0.2) is 0 Å². The van der Waals surface area contributed by atoms with Crippen LogP contribution in [0.1, 0.15) is 49.4 Å². The third kappa shape index (κ3) is 5.11. The molecule has 4 heteroatoms. The summed E-state index contributed by atoms with van der Waals surface area (Å²) in [6, 6.07) is 7.12. The molecule has 122 valence electrons. The molecule has 0 aliphatic carbocycles. The van der Waals surface area contributed by atoms with Crippen molar-refractivity contribution in [3.63, 3.8) is 0 Å². The molecule has 1 aromatic carbocycles. The molecular formula is C18H29N3O. The summed E-state index contributed by atoms with van der Waals surface area (Å²) < 4.78 is 0. The number of carbonyl (C=O) groups excluding carboxylic acids is 1. The van der Waals surface area contributed by atoms with Crippen LogP contribution in [0.2, 0.25) is 0 Å². The minimum Gasteiger partial charge on any atom is -0.399 e. The number of anilines is 1. The summed E-state index contributed by atoms with van der Waals surface area (Å²) in [4.78, 5) is 15.0. The molecule has 22 heavy (non-hydrogen) atoms. The number of likely N-dealkylation sites (tertiary alicyclic amines) is 1. The van der Waals surface area contributed by atoms with Gasteiger partial charge in [-0.15, -0.1) is 0 Å². The standard InChI is InChI=1S/C18H29N3O/c1-2-17(18(22)15-7-9-16(19)10-8-15)20-11-3-4-12-21-13-5-6-14-21/h7-10,17,20H,2-6,11-14,19H2,1H3. The third-order valence-electron chi connectivity index (χ3n) is 4.41. The van der Waals surface area contributed by atoms with Crippen molar-refractivity contribution in [3.05, 3.63) is 29.8 Å². The van der Waals surface area contributed by atoms with E-state index < -0.39 is 0 Å². The smallest absolute Gasteiger partial charge is 0.179 e. The lowest BCUT2D eigenvalue weighted by Crippen LogP contribution is -2.37. The molecule has 1 atom stereocenters. The van der Waals surface area contributed by atoms with Crippen molar-refractivity contribution < 1.29 is 4.79 Å². The van der Waals surface area contributed by atoms with Gasteiger partial charge in [-0.05, 0) is 82.5 Å². The summed E-state index contributed by atoms with van der Waals surface area (Å²) in [5, 5.41) is 3.41. The lowest BCUT2D eigenvalue weighted by molar-refractivity contribution is 0.0940. The maximum atomic E-state index is 12.4. The van der Waals surface area contributed by atoms with Gasteiger partial charge in [-0.3, -0.25) is 4.79 Å². The summed E-state index contributed by atoms with van der Waals surface area (Å²) in [5.74, 6) is 0.169. The van der Waals surface area contributed by atoms with Gasteiger partial charge in [0, 0.05) is 11.3 Å².